The number of pyridine rings is 2. The molecule has 1 amide bonds. The van der Waals surface area contributed by atoms with Gasteiger partial charge in [-0.1, -0.05) is 12.1 Å². The highest BCUT2D eigenvalue weighted by Gasteiger charge is 2.53. The summed E-state index contributed by atoms with van der Waals surface area (Å²) in [5.41, 5.74) is 4.07. The zero-order valence-electron chi connectivity index (χ0n) is 13.6. The molecule has 4 nitrogen and oxygen atoms in total. The van der Waals surface area contributed by atoms with E-state index in [-0.39, 0.29) is 5.91 Å². The SMILES string of the molecule is Cc1cccc2c1C(c1ccncc1)(c1ccncc1)C(=O)N2C. The Kier molecular flexibility index (Phi) is 3.20. The Morgan fingerprint density at radius 1 is 0.875 bits per heavy atom. The van der Waals surface area contributed by atoms with E-state index in [1.807, 2.05) is 43.4 Å². The summed E-state index contributed by atoms with van der Waals surface area (Å²) in [6.45, 7) is 2.06. The molecule has 1 aliphatic rings. The molecular weight excluding hydrogens is 298 g/mol. The fraction of sp³-hybridized carbons (Fsp3) is 0.150. The normalized spacial score (nSPS) is 15.4. The minimum atomic E-state index is -0.860. The van der Waals surface area contributed by atoms with Gasteiger partial charge in [0, 0.05) is 43.1 Å². The number of carbonyl (C=O) groups excluding carboxylic acids is 1. The summed E-state index contributed by atoms with van der Waals surface area (Å²) < 4.78 is 0. The van der Waals surface area contributed by atoms with Crippen LogP contribution in [0.5, 0.6) is 0 Å². The minimum absolute atomic E-state index is 0.0456. The second kappa shape index (κ2) is 5.27. The van der Waals surface area contributed by atoms with Gasteiger partial charge in [-0.3, -0.25) is 14.8 Å². The average Bonchev–Trinajstić information content (AvgIpc) is 2.87. The molecule has 1 aliphatic heterocycles. The van der Waals surface area contributed by atoms with Crippen LogP contribution in [0, 0.1) is 6.92 Å². The Morgan fingerprint density at radius 3 is 1.96 bits per heavy atom. The quantitative estimate of drug-likeness (QED) is 0.730. The molecule has 118 valence electrons. The number of amides is 1. The molecule has 0 saturated heterocycles. The van der Waals surface area contributed by atoms with Gasteiger partial charge in [0.1, 0.15) is 5.41 Å². The fourth-order valence-corrected chi connectivity index (χ4v) is 3.79. The molecule has 0 atom stereocenters. The number of aromatic nitrogens is 2. The minimum Gasteiger partial charge on any atom is -0.314 e. The summed E-state index contributed by atoms with van der Waals surface area (Å²) in [5, 5.41) is 0. The van der Waals surface area contributed by atoms with Crippen molar-refractivity contribution in [3.63, 3.8) is 0 Å². The molecule has 0 saturated carbocycles. The van der Waals surface area contributed by atoms with Crippen LogP contribution in [0.3, 0.4) is 0 Å². The number of nitrogens with zero attached hydrogens (tertiary/aromatic N) is 3. The molecule has 0 bridgehead atoms. The summed E-state index contributed by atoms with van der Waals surface area (Å²) in [4.78, 5) is 23.5. The maximum atomic E-state index is 13.5. The number of fused-ring (bicyclic) bond motifs is 1. The Hall–Kier alpha value is -3.01. The predicted molar refractivity (Wildman–Crippen MR) is 92.9 cm³/mol. The van der Waals surface area contributed by atoms with E-state index in [0.29, 0.717) is 0 Å². The monoisotopic (exact) mass is 315 g/mol. The van der Waals surface area contributed by atoms with Crippen molar-refractivity contribution < 1.29 is 4.79 Å². The van der Waals surface area contributed by atoms with E-state index < -0.39 is 5.41 Å². The first kappa shape index (κ1) is 14.6. The lowest BCUT2D eigenvalue weighted by Gasteiger charge is -2.30. The van der Waals surface area contributed by atoms with Crippen LogP contribution in [0.1, 0.15) is 22.3 Å². The first-order valence-electron chi connectivity index (χ1n) is 7.86. The first-order chi connectivity index (χ1) is 11.7. The lowest BCUT2D eigenvalue weighted by Crippen LogP contribution is -2.41. The number of benzene rings is 1. The molecule has 0 N–H and O–H groups in total. The van der Waals surface area contributed by atoms with Crippen LogP contribution < -0.4 is 4.90 Å². The fourth-order valence-electron chi connectivity index (χ4n) is 3.79. The standard InChI is InChI=1S/C20H17N3O/c1-14-4-3-5-17-18(14)20(19(24)23(17)2,15-6-10-21-11-7-15)16-8-12-22-13-9-16/h3-13H,1-2H3. The van der Waals surface area contributed by atoms with E-state index in [1.54, 1.807) is 29.7 Å². The van der Waals surface area contributed by atoms with Gasteiger partial charge in [0.2, 0.25) is 5.91 Å². The molecule has 4 heteroatoms. The van der Waals surface area contributed by atoms with Gasteiger partial charge in [0.25, 0.3) is 0 Å². The zero-order valence-corrected chi connectivity index (χ0v) is 13.6. The number of hydrogen-bond acceptors (Lipinski definition) is 3. The molecule has 0 unspecified atom stereocenters. The van der Waals surface area contributed by atoms with Crippen molar-refractivity contribution in [2.24, 2.45) is 0 Å². The molecule has 0 fully saturated rings. The molecule has 0 radical (unpaired) electrons. The number of anilines is 1. The molecule has 3 heterocycles. The smallest absolute Gasteiger partial charge is 0.246 e. The largest absolute Gasteiger partial charge is 0.314 e. The maximum Gasteiger partial charge on any atom is 0.246 e. The summed E-state index contributed by atoms with van der Waals surface area (Å²) in [7, 11) is 1.84. The van der Waals surface area contributed by atoms with Gasteiger partial charge in [-0.2, -0.15) is 0 Å². The van der Waals surface area contributed by atoms with Gasteiger partial charge >= 0.3 is 0 Å². The van der Waals surface area contributed by atoms with Crippen molar-refractivity contribution in [3.8, 4) is 0 Å². The number of likely N-dealkylation sites (N-methyl/N-ethyl adjacent to an activating group) is 1. The Balaban J connectivity index is 2.16. The van der Waals surface area contributed by atoms with Crippen LogP contribution in [0.25, 0.3) is 0 Å². The number of hydrogen-bond donors (Lipinski definition) is 0. The van der Waals surface area contributed by atoms with Crippen LogP contribution in [0.2, 0.25) is 0 Å². The molecule has 4 rings (SSSR count). The van der Waals surface area contributed by atoms with Gasteiger partial charge in [0.05, 0.1) is 0 Å². The lowest BCUT2D eigenvalue weighted by atomic mass is 9.69. The van der Waals surface area contributed by atoms with Crippen LogP contribution >= 0.6 is 0 Å². The Labute approximate surface area is 140 Å². The molecule has 2 aromatic heterocycles. The summed E-state index contributed by atoms with van der Waals surface area (Å²) >= 11 is 0. The van der Waals surface area contributed by atoms with E-state index in [0.717, 1.165) is 27.9 Å². The number of rotatable bonds is 2. The number of carbonyl (C=O) groups is 1. The van der Waals surface area contributed by atoms with Crippen molar-refractivity contribution in [1.82, 2.24) is 9.97 Å². The van der Waals surface area contributed by atoms with E-state index in [2.05, 4.69) is 23.0 Å². The molecular formula is C20H17N3O. The molecule has 1 aromatic carbocycles. The highest BCUT2D eigenvalue weighted by atomic mass is 16.2. The van der Waals surface area contributed by atoms with Crippen LogP contribution in [-0.4, -0.2) is 22.9 Å². The number of aryl methyl sites for hydroxylation is 1. The van der Waals surface area contributed by atoms with Gasteiger partial charge in [-0.05, 0) is 53.9 Å². The van der Waals surface area contributed by atoms with Crippen molar-refractivity contribution in [2.75, 3.05) is 11.9 Å². The highest BCUT2D eigenvalue weighted by molar-refractivity contribution is 6.13. The summed E-state index contributed by atoms with van der Waals surface area (Å²) in [5.74, 6) is 0.0456. The second-order valence-electron chi connectivity index (χ2n) is 6.05. The van der Waals surface area contributed by atoms with Crippen molar-refractivity contribution in [3.05, 3.63) is 89.5 Å². The highest BCUT2D eigenvalue weighted by Crippen LogP contribution is 2.50. The molecule has 3 aromatic rings. The summed E-state index contributed by atoms with van der Waals surface area (Å²) in [6, 6.07) is 13.8. The molecule has 0 aliphatic carbocycles. The third kappa shape index (κ3) is 1.77. The topological polar surface area (TPSA) is 46.1 Å². The molecule has 0 spiro atoms. The summed E-state index contributed by atoms with van der Waals surface area (Å²) in [6.07, 6.45) is 6.95. The van der Waals surface area contributed by atoms with Gasteiger partial charge < -0.3 is 4.90 Å². The van der Waals surface area contributed by atoms with E-state index >= 15 is 0 Å². The Morgan fingerprint density at radius 2 is 1.42 bits per heavy atom. The van der Waals surface area contributed by atoms with E-state index in [9.17, 15) is 4.79 Å². The lowest BCUT2D eigenvalue weighted by molar-refractivity contribution is -0.120. The van der Waals surface area contributed by atoms with E-state index in [1.165, 1.54) is 0 Å². The van der Waals surface area contributed by atoms with Gasteiger partial charge in [-0.15, -0.1) is 0 Å². The first-order valence-corrected chi connectivity index (χ1v) is 7.86. The zero-order chi connectivity index (χ0) is 16.7. The third-order valence-electron chi connectivity index (χ3n) is 4.84. The van der Waals surface area contributed by atoms with Crippen molar-refractivity contribution in [1.29, 1.82) is 0 Å². The van der Waals surface area contributed by atoms with Gasteiger partial charge in [-0.25, -0.2) is 0 Å². The van der Waals surface area contributed by atoms with Crippen LogP contribution in [0.15, 0.2) is 67.3 Å². The predicted octanol–water partition coefficient (Wildman–Crippen LogP) is 3.10. The van der Waals surface area contributed by atoms with Crippen molar-refractivity contribution in [2.45, 2.75) is 12.3 Å². The van der Waals surface area contributed by atoms with Gasteiger partial charge in [0.15, 0.2) is 0 Å². The Bertz CT molecular complexity index is 867. The van der Waals surface area contributed by atoms with Crippen molar-refractivity contribution >= 4 is 11.6 Å². The second-order valence-corrected chi connectivity index (χ2v) is 6.05. The molecule has 24 heavy (non-hydrogen) atoms. The average molecular weight is 315 g/mol. The van der Waals surface area contributed by atoms with Crippen LogP contribution in [0.4, 0.5) is 5.69 Å². The third-order valence-corrected chi connectivity index (χ3v) is 4.84. The van der Waals surface area contributed by atoms with Crippen LogP contribution in [-0.2, 0) is 10.2 Å². The van der Waals surface area contributed by atoms with E-state index in [4.69, 9.17) is 0 Å². The maximum absolute atomic E-state index is 13.5.